The Balaban J connectivity index is 1.14. The van der Waals surface area contributed by atoms with Crippen LogP contribution in [-0.2, 0) is 31.1 Å². The van der Waals surface area contributed by atoms with E-state index in [1.54, 1.807) is 0 Å². The van der Waals surface area contributed by atoms with Gasteiger partial charge >= 0.3 is 0 Å². The normalized spacial score (nSPS) is 13.8. The first kappa shape index (κ1) is 34.1. The molecule has 0 radical (unpaired) electrons. The molecule has 0 aromatic heterocycles. The fourth-order valence-electron chi connectivity index (χ4n) is 9.24. The molecule has 0 saturated carbocycles. The van der Waals surface area contributed by atoms with Gasteiger partial charge in [0, 0.05) is 22.5 Å². The van der Waals surface area contributed by atoms with E-state index in [4.69, 9.17) is 0 Å². The van der Waals surface area contributed by atoms with Crippen LogP contribution >= 0.6 is 0 Å². The highest BCUT2D eigenvalue weighted by Gasteiger charge is 2.36. The van der Waals surface area contributed by atoms with E-state index in [1.807, 2.05) is 0 Å². The molecule has 0 saturated heterocycles. The second-order valence-corrected chi connectivity index (χ2v) is 16.0. The lowest BCUT2D eigenvalue weighted by Crippen LogP contribution is -2.17. The van der Waals surface area contributed by atoms with Crippen molar-refractivity contribution in [3.63, 3.8) is 0 Å². The van der Waals surface area contributed by atoms with Gasteiger partial charge in [-0.3, -0.25) is 0 Å². The Kier molecular flexibility index (Phi) is 8.52. The van der Waals surface area contributed by atoms with E-state index in [0.717, 1.165) is 31.4 Å². The van der Waals surface area contributed by atoms with Crippen molar-refractivity contribution in [2.45, 2.75) is 44.9 Å². The fraction of sp³-hybridized carbons (Fsp3) is 0.127. The fourth-order valence-corrected chi connectivity index (χ4v) is 9.24. The number of nitrogens with zero attached hydrogens (tertiary/aromatic N) is 1. The summed E-state index contributed by atoms with van der Waals surface area (Å²) in [5.41, 5.74) is 21.9. The molecule has 0 aliphatic heterocycles. The second-order valence-electron chi connectivity index (χ2n) is 16.0. The SMILES string of the molecule is CC1(C)c2ccccc2-c2ccc(N(c3ccc(-c4c(-c5ccccc5)cccc4-c4ccccc4)cc3)c3cc4ccc3CCc3ccc(cc3)CC4)cc21. The van der Waals surface area contributed by atoms with Gasteiger partial charge in [0.05, 0.1) is 0 Å². The maximum Gasteiger partial charge on any atom is 0.0496 e. The van der Waals surface area contributed by atoms with E-state index < -0.39 is 0 Å². The zero-order valence-electron chi connectivity index (χ0n) is 32.2. The van der Waals surface area contributed by atoms with Crippen molar-refractivity contribution in [2.75, 3.05) is 4.90 Å². The molecule has 5 aliphatic carbocycles. The molecule has 13 rings (SSSR count). The van der Waals surface area contributed by atoms with Gasteiger partial charge in [-0.1, -0.05) is 172 Å². The molecule has 0 unspecified atom stereocenters. The van der Waals surface area contributed by atoms with Gasteiger partial charge in [-0.05, 0) is 134 Å². The van der Waals surface area contributed by atoms with Gasteiger partial charge in [0.15, 0.2) is 0 Å². The molecule has 8 aromatic rings. The molecular weight excluding hydrogens is 675 g/mol. The summed E-state index contributed by atoms with van der Waals surface area (Å²) in [4.78, 5) is 2.54. The molecular formula is C55H45N. The average Bonchev–Trinajstić information content (AvgIpc) is 3.48. The highest BCUT2D eigenvalue weighted by atomic mass is 15.1. The minimum atomic E-state index is -0.0973. The Labute approximate surface area is 331 Å². The van der Waals surface area contributed by atoms with E-state index in [1.165, 1.54) is 89.3 Å². The summed E-state index contributed by atoms with van der Waals surface area (Å²) in [5.74, 6) is 0. The lowest BCUT2D eigenvalue weighted by atomic mass is 9.82. The van der Waals surface area contributed by atoms with Crippen LogP contribution in [-0.4, -0.2) is 0 Å². The zero-order chi connectivity index (χ0) is 37.6. The van der Waals surface area contributed by atoms with Crippen molar-refractivity contribution in [1.82, 2.24) is 0 Å². The van der Waals surface area contributed by atoms with Crippen LogP contribution in [0, 0.1) is 0 Å². The molecule has 8 aromatic carbocycles. The molecule has 1 nitrogen and oxygen atoms in total. The third kappa shape index (κ3) is 6.05. The molecule has 0 fully saturated rings. The van der Waals surface area contributed by atoms with Crippen LogP contribution in [0.15, 0.2) is 188 Å². The Morgan fingerprint density at radius 2 is 0.911 bits per heavy atom. The maximum absolute atomic E-state index is 2.54. The number of rotatable bonds is 6. The molecule has 270 valence electrons. The molecule has 0 amide bonds. The van der Waals surface area contributed by atoms with Crippen LogP contribution in [0.4, 0.5) is 17.1 Å². The minimum Gasteiger partial charge on any atom is -0.310 e. The summed E-state index contributed by atoms with van der Waals surface area (Å²) in [6, 6.07) is 70.4. The van der Waals surface area contributed by atoms with Crippen molar-refractivity contribution in [2.24, 2.45) is 0 Å². The predicted molar refractivity (Wildman–Crippen MR) is 236 cm³/mol. The van der Waals surface area contributed by atoms with E-state index in [0.29, 0.717) is 0 Å². The molecule has 5 aliphatic rings. The van der Waals surface area contributed by atoms with Crippen molar-refractivity contribution >= 4 is 17.1 Å². The summed E-state index contributed by atoms with van der Waals surface area (Å²) >= 11 is 0. The largest absolute Gasteiger partial charge is 0.310 e. The van der Waals surface area contributed by atoms with Crippen LogP contribution in [0.1, 0.15) is 47.2 Å². The number of fused-ring (bicyclic) bond motifs is 3. The van der Waals surface area contributed by atoms with Crippen molar-refractivity contribution in [3.8, 4) is 44.5 Å². The van der Waals surface area contributed by atoms with Gasteiger partial charge in [0.25, 0.3) is 0 Å². The first-order valence-corrected chi connectivity index (χ1v) is 20.1. The minimum absolute atomic E-state index is 0.0973. The standard InChI is InChI=1S/C55H45N/c1-55(2)51-19-10-9-16-49(51)50-35-34-46(37-52(50)55)56(53-36-40-25-24-38-20-22-39(23-21-38)26-28-43(53)29-27-40)45-32-30-44(31-33-45)54-47(41-12-5-3-6-13-41)17-11-18-48(54)42-14-7-4-8-15-42/h3-23,27,29-37H,24-26,28H2,1-2H3. The third-order valence-corrected chi connectivity index (χ3v) is 12.3. The quantitative estimate of drug-likeness (QED) is 0.165. The van der Waals surface area contributed by atoms with Crippen molar-refractivity contribution in [1.29, 1.82) is 0 Å². The van der Waals surface area contributed by atoms with Crippen molar-refractivity contribution < 1.29 is 0 Å². The summed E-state index contributed by atoms with van der Waals surface area (Å²) in [5, 5.41) is 0. The number of anilines is 3. The second kappa shape index (κ2) is 14.0. The summed E-state index contributed by atoms with van der Waals surface area (Å²) in [7, 11) is 0. The van der Waals surface area contributed by atoms with Gasteiger partial charge in [-0.25, -0.2) is 0 Å². The number of aryl methyl sites for hydroxylation is 4. The first-order chi connectivity index (χ1) is 27.5. The topological polar surface area (TPSA) is 3.24 Å². The van der Waals surface area contributed by atoms with Crippen LogP contribution in [0.3, 0.4) is 0 Å². The maximum atomic E-state index is 2.54. The van der Waals surface area contributed by atoms with Crippen LogP contribution in [0.2, 0.25) is 0 Å². The number of hydrogen-bond acceptors (Lipinski definition) is 1. The summed E-state index contributed by atoms with van der Waals surface area (Å²) in [6.07, 6.45) is 4.01. The predicted octanol–water partition coefficient (Wildman–Crippen LogP) is 14.3. The van der Waals surface area contributed by atoms with Crippen molar-refractivity contribution in [3.05, 3.63) is 221 Å². The zero-order valence-corrected chi connectivity index (χ0v) is 32.2. The highest BCUT2D eigenvalue weighted by Crippen LogP contribution is 2.51. The molecule has 0 N–H and O–H groups in total. The molecule has 4 bridgehead atoms. The first-order valence-electron chi connectivity index (χ1n) is 20.1. The lowest BCUT2D eigenvalue weighted by molar-refractivity contribution is 0.660. The summed E-state index contributed by atoms with van der Waals surface area (Å²) in [6.45, 7) is 4.76. The highest BCUT2D eigenvalue weighted by molar-refractivity contribution is 5.95. The van der Waals surface area contributed by atoms with Gasteiger partial charge in [-0.2, -0.15) is 0 Å². The van der Waals surface area contributed by atoms with E-state index in [-0.39, 0.29) is 5.41 Å². The van der Waals surface area contributed by atoms with E-state index in [2.05, 4.69) is 207 Å². The number of hydrogen-bond donors (Lipinski definition) is 0. The monoisotopic (exact) mass is 719 g/mol. The Morgan fingerprint density at radius 1 is 0.375 bits per heavy atom. The molecule has 56 heavy (non-hydrogen) atoms. The van der Waals surface area contributed by atoms with Crippen LogP contribution < -0.4 is 4.90 Å². The third-order valence-electron chi connectivity index (χ3n) is 12.3. The molecule has 0 atom stereocenters. The van der Waals surface area contributed by atoms with Gasteiger partial charge in [0.2, 0.25) is 0 Å². The van der Waals surface area contributed by atoms with Gasteiger partial charge in [-0.15, -0.1) is 0 Å². The Morgan fingerprint density at radius 3 is 1.59 bits per heavy atom. The van der Waals surface area contributed by atoms with Crippen LogP contribution in [0.5, 0.6) is 0 Å². The molecule has 1 heteroatoms. The van der Waals surface area contributed by atoms with Crippen LogP contribution in [0.25, 0.3) is 44.5 Å². The number of benzene rings is 8. The molecule has 0 heterocycles. The smallest absolute Gasteiger partial charge is 0.0496 e. The average molecular weight is 720 g/mol. The Hall–Kier alpha value is -6.44. The Bertz CT molecular complexity index is 2630. The van der Waals surface area contributed by atoms with E-state index in [9.17, 15) is 0 Å². The van der Waals surface area contributed by atoms with E-state index >= 15 is 0 Å². The van der Waals surface area contributed by atoms with Gasteiger partial charge < -0.3 is 4.90 Å². The summed E-state index contributed by atoms with van der Waals surface area (Å²) < 4.78 is 0. The lowest BCUT2D eigenvalue weighted by Gasteiger charge is -2.30. The molecule has 0 spiro atoms. The van der Waals surface area contributed by atoms with Gasteiger partial charge in [0.1, 0.15) is 0 Å².